The van der Waals surface area contributed by atoms with Crippen LogP contribution in [0.4, 0.5) is 16.2 Å². The van der Waals surface area contributed by atoms with E-state index in [1.165, 1.54) is 15.9 Å². The maximum absolute atomic E-state index is 13.3. The van der Waals surface area contributed by atoms with Crippen LogP contribution in [0.25, 0.3) is 5.69 Å². The molecule has 5 amide bonds. The number of rotatable bonds is 4. The quantitative estimate of drug-likeness (QED) is 0.553. The van der Waals surface area contributed by atoms with E-state index in [2.05, 4.69) is 26.2 Å². The number of para-hydroxylation sites is 2. The SMILES string of the molecule is C[C@@]1(c2cccc(-n3cnnn3)c2)NC(=O)N(CC(=O)N2CC(=O)Nc3ccccc32)C1=O. The third-order valence-corrected chi connectivity index (χ3v) is 5.68. The van der Waals surface area contributed by atoms with Crippen molar-refractivity contribution in [3.05, 3.63) is 60.4 Å². The molecule has 0 unspecified atom stereocenters. The van der Waals surface area contributed by atoms with Gasteiger partial charge in [-0.05, 0) is 47.2 Å². The Morgan fingerprint density at radius 3 is 2.73 bits per heavy atom. The van der Waals surface area contributed by atoms with Gasteiger partial charge in [0.2, 0.25) is 11.8 Å². The fourth-order valence-corrected chi connectivity index (χ4v) is 3.95. The molecular formula is C21H18N8O4. The van der Waals surface area contributed by atoms with Crippen molar-refractivity contribution in [1.82, 2.24) is 30.4 Å². The summed E-state index contributed by atoms with van der Waals surface area (Å²) < 4.78 is 1.42. The molecular weight excluding hydrogens is 428 g/mol. The van der Waals surface area contributed by atoms with Gasteiger partial charge in [0.1, 0.15) is 25.0 Å². The number of anilines is 2. The number of amides is 5. The van der Waals surface area contributed by atoms with Gasteiger partial charge in [-0.15, -0.1) is 5.10 Å². The van der Waals surface area contributed by atoms with Gasteiger partial charge in [0.15, 0.2) is 0 Å². The molecule has 3 heterocycles. The minimum absolute atomic E-state index is 0.204. The standard InChI is InChI=1S/C21H18N8O4/c1-21(13-5-4-6-14(9-13)29-12-22-25-26-29)19(32)28(20(33)24-21)11-18(31)27-10-17(30)23-15-7-2-3-8-16(15)27/h2-9,12H,10-11H2,1H3,(H,23,30)(H,24,33)/t21-/m0/s1. The normalized spacial score (nSPS) is 19.8. The number of nitrogens with one attached hydrogen (secondary N) is 2. The molecule has 0 aliphatic carbocycles. The summed E-state index contributed by atoms with van der Waals surface area (Å²) in [6, 6.07) is 13.0. The van der Waals surface area contributed by atoms with Gasteiger partial charge in [-0.25, -0.2) is 9.48 Å². The van der Waals surface area contributed by atoms with Crippen molar-refractivity contribution in [2.45, 2.75) is 12.5 Å². The van der Waals surface area contributed by atoms with Gasteiger partial charge in [0.05, 0.1) is 17.1 Å². The molecule has 2 N–H and O–H groups in total. The van der Waals surface area contributed by atoms with Crippen LogP contribution in [0.2, 0.25) is 0 Å². The summed E-state index contributed by atoms with van der Waals surface area (Å²) in [6.45, 7) is 0.860. The highest BCUT2D eigenvalue weighted by Gasteiger charge is 2.50. The lowest BCUT2D eigenvalue weighted by molar-refractivity contribution is -0.134. The van der Waals surface area contributed by atoms with E-state index in [-0.39, 0.29) is 12.5 Å². The first kappa shape index (κ1) is 20.3. The number of carbonyl (C=O) groups is 4. The van der Waals surface area contributed by atoms with Crippen LogP contribution in [0, 0.1) is 0 Å². The van der Waals surface area contributed by atoms with Crippen molar-refractivity contribution in [1.29, 1.82) is 0 Å². The number of urea groups is 1. The summed E-state index contributed by atoms with van der Waals surface area (Å²) in [7, 11) is 0. The number of hydrogen-bond donors (Lipinski definition) is 2. The maximum Gasteiger partial charge on any atom is 0.325 e. The molecule has 5 rings (SSSR count). The lowest BCUT2D eigenvalue weighted by Gasteiger charge is -2.30. The van der Waals surface area contributed by atoms with Gasteiger partial charge in [-0.3, -0.25) is 24.2 Å². The Hall–Kier alpha value is -4.61. The van der Waals surface area contributed by atoms with Gasteiger partial charge < -0.3 is 10.6 Å². The first-order valence-corrected chi connectivity index (χ1v) is 10.0. The number of aromatic nitrogens is 4. The van der Waals surface area contributed by atoms with Crippen molar-refractivity contribution in [3.8, 4) is 5.69 Å². The molecule has 1 atom stereocenters. The van der Waals surface area contributed by atoms with Gasteiger partial charge in [0.25, 0.3) is 5.91 Å². The van der Waals surface area contributed by atoms with E-state index >= 15 is 0 Å². The van der Waals surface area contributed by atoms with E-state index in [9.17, 15) is 19.2 Å². The monoisotopic (exact) mass is 446 g/mol. The molecule has 0 bridgehead atoms. The molecule has 2 aliphatic rings. The van der Waals surface area contributed by atoms with E-state index in [1.54, 1.807) is 55.5 Å². The second-order valence-corrected chi connectivity index (χ2v) is 7.80. The minimum atomic E-state index is -1.39. The van der Waals surface area contributed by atoms with Crippen molar-refractivity contribution in [2.24, 2.45) is 0 Å². The predicted octanol–water partition coefficient (Wildman–Crippen LogP) is 0.415. The Bertz CT molecular complexity index is 1290. The summed E-state index contributed by atoms with van der Waals surface area (Å²) in [5.74, 6) is -1.49. The van der Waals surface area contributed by atoms with Crippen molar-refractivity contribution in [3.63, 3.8) is 0 Å². The molecule has 12 nitrogen and oxygen atoms in total. The summed E-state index contributed by atoms with van der Waals surface area (Å²) in [5.41, 5.74) is 0.714. The molecule has 12 heteroatoms. The highest BCUT2D eigenvalue weighted by atomic mass is 16.2. The van der Waals surface area contributed by atoms with Crippen LogP contribution in [0.15, 0.2) is 54.9 Å². The molecule has 0 spiro atoms. The van der Waals surface area contributed by atoms with E-state index in [0.29, 0.717) is 22.6 Å². The topological polar surface area (TPSA) is 142 Å². The molecule has 33 heavy (non-hydrogen) atoms. The highest BCUT2D eigenvalue weighted by molar-refractivity contribution is 6.14. The van der Waals surface area contributed by atoms with Gasteiger partial charge in [0, 0.05) is 0 Å². The maximum atomic E-state index is 13.3. The average Bonchev–Trinajstić information content (AvgIpc) is 3.42. The highest BCUT2D eigenvalue weighted by Crippen LogP contribution is 2.32. The molecule has 3 aromatic rings. The van der Waals surface area contributed by atoms with Crippen LogP contribution in [-0.4, -0.2) is 61.9 Å². The van der Waals surface area contributed by atoms with E-state index in [4.69, 9.17) is 0 Å². The van der Waals surface area contributed by atoms with Crippen LogP contribution in [0.3, 0.4) is 0 Å². The zero-order valence-electron chi connectivity index (χ0n) is 17.4. The lowest BCUT2D eigenvalue weighted by Crippen LogP contribution is -2.48. The zero-order chi connectivity index (χ0) is 23.2. The van der Waals surface area contributed by atoms with Crippen LogP contribution < -0.4 is 15.5 Å². The van der Waals surface area contributed by atoms with Gasteiger partial charge in [-0.1, -0.05) is 24.3 Å². The number of fused-ring (bicyclic) bond motifs is 1. The van der Waals surface area contributed by atoms with Crippen LogP contribution >= 0.6 is 0 Å². The second-order valence-electron chi connectivity index (χ2n) is 7.80. The van der Waals surface area contributed by atoms with Crippen molar-refractivity contribution >= 4 is 35.1 Å². The van der Waals surface area contributed by atoms with E-state index in [0.717, 1.165) is 4.90 Å². The smallest absolute Gasteiger partial charge is 0.323 e. The molecule has 2 aliphatic heterocycles. The van der Waals surface area contributed by atoms with Crippen LogP contribution in [0.5, 0.6) is 0 Å². The van der Waals surface area contributed by atoms with Crippen LogP contribution in [0.1, 0.15) is 12.5 Å². The first-order valence-electron chi connectivity index (χ1n) is 10.0. The lowest BCUT2D eigenvalue weighted by atomic mass is 9.91. The van der Waals surface area contributed by atoms with Gasteiger partial charge in [-0.2, -0.15) is 0 Å². The van der Waals surface area contributed by atoms with Crippen molar-refractivity contribution < 1.29 is 19.2 Å². The summed E-state index contributed by atoms with van der Waals surface area (Å²) in [4.78, 5) is 53.3. The molecule has 1 saturated heterocycles. The Morgan fingerprint density at radius 2 is 1.94 bits per heavy atom. The summed E-state index contributed by atoms with van der Waals surface area (Å²) >= 11 is 0. The average molecular weight is 446 g/mol. The number of benzene rings is 2. The summed E-state index contributed by atoms with van der Waals surface area (Å²) in [6.07, 6.45) is 1.41. The molecule has 0 radical (unpaired) electrons. The van der Waals surface area contributed by atoms with Crippen LogP contribution in [-0.2, 0) is 19.9 Å². The third kappa shape index (κ3) is 3.37. The third-order valence-electron chi connectivity index (χ3n) is 5.68. The number of nitrogens with zero attached hydrogens (tertiary/aromatic N) is 6. The Balaban J connectivity index is 1.40. The largest absolute Gasteiger partial charge is 0.325 e. The molecule has 166 valence electrons. The van der Waals surface area contributed by atoms with E-state index in [1.807, 2.05) is 0 Å². The van der Waals surface area contributed by atoms with Gasteiger partial charge >= 0.3 is 6.03 Å². The predicted molar refractivity (Wildman–Crippen MR) is 114 cm³/mol. The fraction of sp³-hybridized carbons (Fsp3) is 0.190. The molecule has 1 fully saturated rings. The fourth-order valence-electron chi connectivity index (χ4n) is 3.95. The second kappa shape index (κ2) is 7.51. The molecule has 0 saturated carbocycles. The van der Waals surface area contributed by atoms with E-state index < -0.39 is 29.9 Å². The number of tetrazole rings is 1. The summed E-state index contributed by atoms with van der Waals surface area (Å²) in [5, 5.41) is 16.4. The first-order chi connectivity index (χ1) is 15.9. The Kier molecular flexibility index (Phi) is 4.62. The zero-order valence-corrected chi connectivity index (χ0v) is 17.4. The number of imide groups is 1. The molecule has 1 aromatic heterocycles. The van der Waals surface area contributed by atoms with Crippen molar-refractivity contribution in [2.75, 3.05) is 23.3 Å². The minimum Gasteiger partial charge on any atom is -0.323 e. The Labute approximate surface area is 187 Å². The number of hydrogen-bond acceptors (Lipinski definition) is 7. The number of carbonyl (C=O) groups excluding carboxylic acids is 4. The Morgan fingerprint density at radius 1 is 1.12 bits per heavy atom. The molecule has 2 aromatic carbocycles.